The number of rotatable bonds is 6. The van der Waals surface area contributed by atoms with E-state index in [-0.39, 0.29) is 23.6 Å². The maximum atomic E-state index is 13.8. The van der Waals surface area contributed by atoms with Crippen LogP contribution in [0.4, 0.5) is 10.1 Å². The van der Waals surface area contributed by atoms with E-state index in [1.54, 1.807) is 0 Å². The van der Waals surface area contributed by atoms with Crippen LogP contribution in [-0.2, 0) is 16.0 Å². The zero-order valence-electron chi connectivity index (χ0n) is 13.8. The number of aryl methyl sites for hydroxylation is 2. The van der Waals surface area contributed by atoms with Crippen LogP contribution in [0.3, 0.4) is 0 Å². The van der Waals surface area contributed by atoms with Gasteiger partial charge in [0.2, 0.25) is 5.91 Å². The minimum absolute atomic E-state index is 0.0153. The predicted octanol–water partition coefficient (Wildman–Crippen LogP) is 3.88. The highest BCUT2D eigenvalue weighted by atomic mass is 19.1. The van der Waals surface area contributed by atoms with Crippen LogP contribution in [0.25, 0.3) is 0 Å². The first-order valence-electron chi connectivity index (χ1n) is 7.73. The summed E-state index contributed by atoms with van der Waals surface area (Å²) < 4.78 is 18.3. The number of carbonyl (C=O) groups is 2. The van der Waals surface area contributed by atoms with Crippen LogP contribution in [0.2, 0.25) is 0 Å². The highest BCUT2D eigenvalue weighted by Gasteiger charge is 2.12. The van der Waals surface area contributed by atoms with Gasteiger partial charge in [0.25, 0.3) is 0 Å². The van der Waals surface area contributed by atoms with Crippen LogP contribution in [0.15, 0.2) is 42.5 Å². The van der Waals surface area contributed by atoms with Crippen molar-refractivity contribution in [2.45, 2.75) is 26.2 Å². The zero-order valence-corrected chi connectivity index (χ0v) is 13.8. The molecule has 2 aromatic rings. The van der Waals surface area contributed by atoms with Gasteiger partial charge in [0.1, 0.15) is 5.82 Å². The van der Waals surface area contributed by atoms with Gasteiger partial charge in [0.15, 0.2) is 0 Å². The molecule has 1 amide bonds. The molecule has 0 aliphatic heterocycles. The zero-order chi connectivity index (χ0) is 17.5. The summed E-state index contributed by atoms with van der Waals surface area (Å²) in [6.45, 7) is 2.02. The quantitative estimate of drug-likeness (QED) is 0.818. The first-order chi connectivity index (χ1) is 11.5. The number of nitrogens with one attached hydrogen (secondary N) is 1. The Hall–Kier alpha value is -2.69. The monoisotopic (exact) mass is 329 g/mol. The number of amides is 1. The fourth-order valence-electron chi connectivity index (χ4n) is 2.40. The minimum Gasteiger partial charge on any atom is -0.465 e. The molecule has 0 heterocycles. The third-order valence-electron chi connectivity index (χ3n) is 3.61. The van der Waals surface area contributed by atoms with Crippen LogP contribution < -0.4 is 5.32 Å². The smallest absolute Gasteiger partial charge is 0.337 e. The van der Waals surface area contributed by atoms with Gasteiger partial charge in [-0.05, 0) is 43.5 Å². The molecule has 2 rings (SSSR count). The van der Waals surface area contributed by atoms with Crippen molar-refractivity contribution in [1.29, 1.82) is 0 Å². The first kappa shape index (κ1) is 17.7. The molecule has 0 aromatic heterocycles. The lowest BCUT2D eigenvalue weighted by Gasteiger charge is -2.08. The molecule has 2 aromatic carbocycles. The summed E-state index contributed by atoms with van der Waals surface area (Å²) in [7, 11) is 1.25. The van der Waals surface area contributed by atoms with Gasteiger partial charge < -0.3 is 10.1 Å². The van der Waals surface area contributed by atoms with Gasteiger partial charge in [-0.25, -0.2) is 9.18 Å². The first-order valence-corrected chi connectivity index (χ1v) is 7.73. The number of hydrogen-bond donors (Lipinski definition) is 1. The van der Waals surface area contributed by atoms with Crippen molar-refractivity contribution < 1.29 is 18.7 Å². The molecule has 5 heteroatoms. The summed E-state index contributed by atoms with van der Waals surface area (Å²) in [5.41, 5.74) is 2.52. The SMILES string of the molecule is COC(=O)c1ccc(F)c(NC(=O)CCCc2cccc(C)c2)c1. The van der Waals surface area contributed by atoms with Crippen LogP contribution in [0, 0.1) is 12.7 Å². The molecule has 0 atom stereocenters. The fourth-order valence-corrected chi connectivity index (χ4v) is 2.40. The summed E-state index contributed by atoms with van der Waals surface area (Å²) >= 11 is 0. The second-order valence-corrected chi connectivity index (χ2v) is 5.58. The molecular weight excluding hydrogens is 309 g/mol. The van der Waals surface area contributed by atoms with Gasteiger partial charge in [0, 0.05) is 6.42 Å². The number of benzene rings is 2. The molecule has 4 nitrogen and oxygen atoms in total. The average Bonchev–Trinajstić information content (AvgIpc) is 2.56. The topological polar surface area (TPSA) is 55.4 Å². The maximum absolute atomic E-state index is 13.8. The number of esters is 1. The molecule has 0 saturated heterocycles. The number of halogens is 1. The average molecular weight is 329 g/mol. The van der Waals surface area contributed by atoms with Crippen molar-refractivity contribution in [3.05, 3.63) is 65.0 Å². The fraction of sp³-hybridized carbons (Fsp3) is 0.263. The van der Waals surface area contributed by atoms with Crippen molar-refractivity contribution >= 4 is 17.6 Å². The molecule has 0 bridgehead atoms. The van der Waals surface area contributed by atoms with Crippen LogP contribution >= 0.6 is 0 Å². The summed E-state index contributed by atoms with van der Waals surface area (Å²) in [6, 6.07) is 11.8. The van der Waals surface area contributed by atoms with E-state index in [1.165, 1.54) is 30.4 Å². The number of anilines is 1. The molecule has 1 N–H and O–H groups in total. The lowest BCUT2D eigenvalue weighted by molar-refractivity contribution is -0.116. The molecule has 0 saturated carbocycles. The van der Waals surface area contributed by atoms with Gasteiger partial charge in [0.05, 0.1) is 18.4 Å². The number of methoxy groups -OCH3 is 1. The minimum atomic E-state index is -0.588. The summed E-state index contributed by atoms with van der Waals surface area (Å²) in [6.07, 6.45) is 1.71. The predicted molar refractivity (Wildman–Crippen MR) is 90.5 cm³/mol. The van der Waals surface area contributed by atoms with E-state index in [2.05, 4.69) is 16.1 Å². The summed E-state index contributed by atoms with van der Waals surface area (Å²) in [4.78, 5) is 23.4. The standard InChI is InChI=1S/C19H20FNO3/c1-13-5-3-6-14(11-13)7-4-8-18(22)21-17-12-15(19(23)24-2)9-10-16(17)20/h3,5-6,9-12H,4,7-8H2,1-2H3,(H,21,22). The van der Waals surface area contributed by atoms with Crippen molar-refractivity contribution in [3.8, 4) is 0 Å². The lowest BCUT2D eigenvalue weighted by atomic mass is 10.1. The van der Waals surface area contributed by atoms with E-state index in [0.29, 0.717) is 6.42 Å². The molecule has 24 heavy (non-hydrogen) atoms. The second kappa shape index (κ2) is 8.24. The van der Waals surface area contributed by atoms with Crippen molar-refractivity contribution in [2.75, 3.05) is 12.4 Å². The van der Waals surface area contributed by atoms with E-state index in [9.17, 15) is 14.0 Å². The second-order valence-electron chi connectivity index (χ2n) is 5.58. The largest absolute Gasteiger partial charge is 0.465 e. The number of hydrogen-bond acceptors (Lipinski definition) is 3. The number of ether oxygens (including phenoxy) is 1. The van der Waals surface area contributed by atoms with E-state index < -0.39 is 11.8 Å². The van der Waals surface area contributed by atoms with Gasteiger partial charge in [-0.1, -0.05) is 29.8 Å². The van der Waals surface area contributed by atoms with Gasteiger partial charge in [-0.3, -0.25) is 4.79 Å². The molecule has 0 fully saturated rings. The summed E-state index contributed by atoms with van der Waals surface area (Å²) in [5.74, 6) is -1.46. The van der Waals surface area contributed by atoms with Crippen LogP contribution in [0.5, 0.6) is 0 Å². The van der Waals surface area contributed by atoms with Gasteiger partial charge in [-0.15, -0.1) is 0 Å². The Balaban J connectivity index is 1.91. The Morgan fingerprint density at radius 3 is 2.67 bits per heavy atom. The molecule has 126 valence electrons. The normalized spacial score (nSPS) is 10.3. The Kier molecular flexibility index (Phi) is 6.07. The molecule has 0 aliphatic rings. The Morgan fingerprint density at radius 1 is 1.17 bits per heavy atom. The van der Waals surface area contributed by atoms with Gasteiger partial charge >= 0.3 is 5.97 Å². The third kappa shape index (κ3) is 4.91. The maximum Gasteiger partial charge on any atom is 0.337 e. The Labute approximate surface area is 140 Å². The molecule has 0 aliphatic carbocycles. The van der Waals surface area contributed by atoms with E-state index in [0.717, 1.165) is 12.5 Å². The molecular formula is C19H20FNO3. The van der Waals surface area contributed by atoms with Crippen molar-refractivity contribution in [1.82, 2.24) is 0 Å². The summed E-state index contributed by atoms with van der Waals surface area (Å²) in [5, 5.41) is 2.51. The van der Waals surface area contributed by atoms with Crippen molar-refractivity contribution in [3.63, 3.8) is 0 Å². The molecule has 0 radical (unpaired) electrons. The van der Waals surface area contributed by atoms with Crippen LogP contribution in [-0.4, -0.2) is 19.0 Å². The third-order valence-corrected chi connectivity index (χ3v) is 3.61. The number of carbonyl (C=O) groups excluding carboxylic acids is 2. The Bertz CT molecular complexity index is 743. The highest BCUT2D eigenvalue weighted by molar-refractivity contribution is 5.94. The van der Waals surface area contributed by atoms with E-state index in [1.807, 2.05) is 25.1 Å². The van der Waals surface area contributed by atoms with Crippen molar-refractivity contribution in [2.24, 2.45) is 0 Å². The van der Waals surface area contributed by atoms with E-state index >= 15 is 0 Å². The van der Waals surface area contributed by atoms with E-state index in [4.69, 9.17) is 0 Å². The molecule has 0 spiro atoms. The molecule has 0 unspecified atom stereocenters. The highest BCUT2D eigenvalue weighted by Crippen LogP contribution is 2.17. The van der Waals surface area contributed by atoms with Gasteiger partial charge in [-0.2, -0.15) is 0 Å². The van der Waals surface area contributed by atoms with Crippen LogP contribution in [0.1, 0.15) is 34.3 Å². The lowest BCUT2D eigenvalue weighted by Crippen LogP contribution is -2.13. The Morgan fingerprint density at radius 2 is 1.96 bits per heavy atom.